The minimum absolute atomic E-state index is 0.0399. The van der Waals surface area contributed by atoms with Gasteiger partial charge in [-0.3, -0.25) is 10.1 Å². The Morgan fingerprint density at radius 2 is 1.95 bits per heavy atom. The molecule has 0 unspecified atom stereocenters. The molecule has 1 N–H and O–H groups in total. The lowest BCUT2D eigenvalue weighted by Crippen LogP contribution is -1.99. The van der Waals surface area contributed by atoms with E-state index in [2.05, 4.69) is 15.9 Å². The molecular formula is C14H10BrNO4S. The monoisotopic (exact) mass is 367 g/mol. The molecule has 0 heterocycles. The first-order chi connectivity index (χ1) is 9.88. The minimum Gasteiger partial charge on any atom is -0.478 e. The van der Waals surface area contributed by atoms with Gasteiger partial charge in [0.1, 0.15) is 0 Å². The van der Waals surface area contributed by atoms with Gasteiger partial charge in [0.15, 0.2) is 0 Å². The third-order valence-corrected chi connectivity index (χ3v) is 4.30. The van der Waals surface area contributed by atoms with Gasteiger partial charge in [-0.2, -0.15) is 0 Å². The van der Waals surface area contributed by atoms with E-state index in [1.807, 2.05) is 6.92 Å². The van der Waals surface area contributed by atoms with Gasteiger partial charge < -0.3 is 5.11 Å². The predicted octanol–water partition coefficient (Wildman–Crippen LogP) is 4.52. The minimum atomic E-state index is -1.07. The van der Waals surface area contributed by atoms with Crippen LogP contribution in [0.3, 0.4) is 0 Å². The van der Waals surface area contributed by atoms with E-state index in [1.54, 1.807) is 24.3 Å². The summed E-state index contributed by atoms with van der Waals surface area (Å²) in [6.45, 7) is 1.83. The molecule has 0 amide bonds. The first kappa shape index (κ1) is 15.5. The van der Waals surface area contributed by atoms with Crippen LogP contribution in [-0.4, -0.2) is 16.0 Å². The highest BCUT2D eigenvalue weighted by Crippen LogP contribution is 2.38. The van der Waals surface area contributed by atoms with Gasteiger partial charge in [-0.25, -0.2) is 4.79 Å². The number of carboxylic acids is 1. The third-order valence-electron chi connectivity index (χ3n) is 2.71. The summed E-state index contributed by atoms with van der Waals surface area (Å²) in [4.78, 5) is 22.7. The van der Waals surface area contributed by atoms with Crippen LogP contribution >= 0.6 is 27.7 Å². The highest BCUT2D eigenvalue weighted by Gasteiger charge is 2.18. The second-order valence-electron chi connectivity index (χ2n) is 4.28. The van der Waals surface area contributed by atoms with E-state index >= 15 is 0 Å². The van der Waals surface area contributed by atoms with E-state index in [-0.39, 0.29) is 11.3 Å². The second-order valence-corrected chi connectivity index (χ2v) is 6.28. The highest BCUT2D eigenvalue weighted by atomic mass is 79.9. The Morgan fingerprint density at radius 3 is 2.57 bits per heavy atom. The zero-order chi connectivity index (χ0) is 15.6. The van der Waals surface area contributed by atoms with Crippen molar-refractivity contribution in [1.82, 2.24) is 0 Å². The summed E-state index contributed by atoms with van der Waals surface area (Å²) in [5.74, 6) is -1.07. The fourth-order valence-corrected chi connectivity index (χ4v) is 3.42. The number of nitro groups is 1. The van der Waals surface area contributed by atoms with Crippen LogP contribution in [0.2, 0.25) is 0 Å². The molecule has 0 aromatic heterocycles. The molecule has 2 aromatic carbocycles. The number of aryl methyl sites for hydroxylation is 1. The van der Waals surface area contributed by atoms with E-state index in [1.165, 1.54) is 12.1 Å². The number of carboxylic acid groups (broad SMARTS) is 1. The average Bonchev–Trinajstić information content (AvgIpc) is 2.38. The standard InChI is InChI=1S/C14H10BrNO4S/c1-8-2-5-11(16(19)20)13(6-8)21-12-7-9(15)3-4-10(12)14(17)18/h2-7H,1H3,(H,17,18). The summed E-state index contributed by atoms with van der Waals surface area (Å²) in [7, 11) is 0. The Morgan fingerprint density at radius 1 is 1.24 bits per heavy atom. The number of benzene rings is 2. The van der Waals surface area contributed by atoms with E-state index in [0.29, 0.717) is 14.3 Å². The van der Waals surface area contributed by atoms with Crippen LogP contribution in [0.5, 0.6) is 0 Å². The first-order valence-corrected chi connectivity index (χ1v) is 7.45. The summed E-state index contributed by atoms with van der Waals surface area (Å²) < 4.78 is 0.713. The van der Waals surface area contributed by atoms with Crippen molar-refractivity contribution in [2.75, 3.05) is 0 Å². The van der Waals surface area contributed by atoms with Crippen molar-refractivity contribution < 1.29 is 14.8 Å². The highest BCUT2D eigenvalue weighted by molar-refractivity contribution is 9.10. The first-order valence-electron chi connectivity index (χ1n) is 5.84. The lowest BCUT2D eigenvalue weighted by atomic mass is 10.2. The Kier molecular flexibility index (Phi) is 4.64. The van der Waals surface area contributed by atoms with Gasteiger partial charge in [0, 0.05) is 15.4 Å². The zero-order valence-corrected chi connectivity index (χ0v) is 13.3. The predicted molar refractivity (Wildman–Crippen MR) is 83.1 cm³/mol. The van der Waals surface area contributed by atoms with Crippen LogP contribution in [0.15, 0.2) is 50.7 Å². The van der Waals surface area contributed by atoms with Crippen molar-refractivity contribution in [3.63, 3.8) is 0 Å². The topological polar surface area (TPSA) is 80.4 Å². The fraction of sp³-hybridized carbons (Fsp3) is 0.0714. The molecule has 2 rings (SSSR count). The van der Waals surface area contributed by atoms with Crippen LogP contribution < -0.4 is 0 Å². The van der Waals surface area contributed by atoms with Crippen LogP contribution in [0.4, 0.5) is 5.69 Å². The summed E-state index contributed by atoms with van der Waals surface area (Å²) >= 11 is 4.35. The van der Waals surface area contributed by atoms with Gasteiger partial charge in [-0.15, -0.1) is 0 Å². The number of carbonyl (C=O) groups is 1. The molecule has 0 radical (unpaired) electrons. The van der Waals surface area contributed by atoms with Crippen LogP contribution in [0.25, 0.3) is 0 Å². The summed E-state index contributed by atoms with van der Waals surface area (Å²) in [5, 5.41) is 20.3. The average molecular weight is 368 g/mol. The Bertz CT molecular complexity index is 671. The number of hydrogen-bond acceptors (Lipinski definition) is 4. The van der Waals surface area contributed by atoms with Gasteiger partial charge in [0.05, 0.1) is 15.4 Å². The van der Waals surface area contributed by atoms with Crippen molar-refractivity contribution in [3.05, 3.63) is 62.1 Å². The van der Waals surface area contributed by atoms with Gasteiger partial charge in [-0.1, -0.05) is 33.8 Å². The van der Waals surface area contributed by atoms with Crippen molar-refractivity contribution in [1.29, 1.82) is 0 Å². The molecule has 2 aromatic rings. The van der Waals surface area contributed by atoms with Crippen molar-refractivity contribution >= 4 is 39.3 Å². The SMILES string of the molecule is Cc1ccc([N+](=O)[O-])c(Sc2cc(Br)ccc2C(=O)O)c1. The molecule has 0 fully saturated rings. The second kappa shape index (κ2) is 6.28. The Hall–Kier alpha value is -1.86. The summed E-state index contributed by atoms with van der Waals surface area (Å²) in [6.07, 6.45) is 0. The van der Waals surface area contributed by atoms with E-state index < -0.39 is 10.9 Å². The molecular weight excluding hydrogens is 358 g/mol. The Balaban J connectivity index is 2.52. The van der Waals surface area contributed by atoms with Gasteiger partial charge in [0.25, 0.3) is 5.69 Å². The number of rotatable bonds is 4. The fourth-order valence-electron chi connectivity index (χ4n) is 1.73. The van der Waals surface area contributed by atoms with Crippen molar-refractivity contribution in [2.24, 2.45) is 0 Å². The molecule has 0 bridgehead atoms. The van der Waals surface area contributed by atoms with E-state index in [4.69, 9.17) is 0 Å². The number of aromatic carboxylic acids is 1. The quantitative estimate of drug-likeness (QED) is 0.634. The summed E-state index contributed by atoms with van der Waals surface area (Å²) in [6, 6.07) is 9.49. The largest absolute Gasteiger partial charge is 0.478 e. The molecule has 21 heavy (non-hydrogen) atoms. The Labute approximate surface area is 133 Å². The number of halogens is 1. The molecule has 0 spiro atoms. The van der Waals surface area contributed by atoms with Gasteiger partial charge in [-0.05, 0) is 36.8 Å². The molecule has 5 nitrogen and oxygen atoms in total. The van der Waals surface area contributed by atoms with Crippen molar-refractivity contribution in [3.8, 4) is 0 Å². The third kappa shape index (κ3) is 3.62. The smallest absolute Gasteiger partial charge is 0.336 e. The zero-order valence-electron chi connectivity index (χ0n) is 10.9. The molecule has 0 aliphatic carbocycles. The van der Waals surface area contributed by atoms with E-state index in [0.717, 1.165) is 17.3 Å². The molecule has 7 heteroatoms. The van der Waals surface area contributed by atoms with Crippen LogP contribution in [-0.2, 0) is 0 Å². The number of hydrogen-bond donors (Lipinski definition) is 1. The lowest BCUT2D eigenvalue weighted by molar-refractivity contribution is -0.387. The maximum Gasteiger partial charge on any atom is 0.336 e. The lowest BCUT2D eigenvalue weighted by Gasteiger charge is -2.08. The molecule has 108 valence electrons. The van der Waals surface area contributed by atoms with Gasteiger partial charge >= 0.3 is 5.97 Å². The summed E-state index contributed by atoms with van der Waals surface area (Å²) in [5.41, 5.74) is 0.941. The van der Waals surface area contributed by atoms with Gasteiger partial charge in [0.2, 0.25) is 0 Å². The normalized spacial score (nSPS) is 10.4. The number of nitrogens with zero attached hydrogens (tertiary/aromatic N) is 1. The van der Waals surface area contributed by atoms with E-state index in [9.17, 15) is 20.0 Å². The maximum atomic E-state index is 11.2. The number of nitro benzene ring substituents is 1. The van der Waals surface area contributed by atoms with Crippen LogP contribution in [0, 0.1) is 17.0 Å². The molecule has 0 aliphatic rings. The molecule has 0 saturated heterocycles. The maximum absolute atomic E-state index is 11.2. The molecule has 0 aliphatic heterocycles. The van der Waals surface area contributed by atoms with Crippen LogP contribution in [0.1, 0.15) is 15.9 Å². The van der Waals surface area contributed by atoms with Crippen molar-refractivity contribution in [2.45, 2.75) is 16.7 Å². The molecule has 0 atom stereocenters. The molecule has 0 saturated carbocycles.